The molecule has 4 heteroatoms. The van der Waals surface area contributed by atoms with Crippen molar-refractivity contribution in [3.63, 3.8) is 0 Å². The molecule has 0 unspecified atom stereocenters. The summed E-state index contributed by atoms with van der Waals surface area (Å²) in [5.41, 5.74) is 13.5. The van der Waals surface area contributed by atoms with Gasteiger partial charge in [0.2, 0.25) is 0 Å². The molecule has 0 spiro atoms. The normalized spacial score (nSPS) is 13.5. The lowest BCUT2D eigenvalue weighted by molar-refractivity contribution is 1.08. The third kappa shape index (κ3) is 1.88. The third-order valence-corrected chi connectivity index (χ3v) is 6.95. The van der Waals surface area contributed by atoms with E-state index in [0.29, 0.717) is 0 Å². The van der Waals surface area contributed by atoms with Crippen molar-refractivity contribution in [2.45, 2.75) is 12.8 Å². The van der Waals surface area contributed by atoms with Crippen LogP contribution in [-0.2, 0) is 12.8 Å². The Hall–Kier alpha value is -4.05. The van der Waals surface area contributed by atoms with E-state index in [0.717, 1.165) is 46.0 Å². The lowest BCUT2D eigenvalue weighted by Crippen LogP contribution is -1.98. The summed E-state index contributed by atoms with van der Waals surface area (Å²) in [4.78, 5) is 14.3. The maximum Gasteiger partial charge on any atom is 0.164 e. The Labute approximate surface area is 177 Å². The Kier molecular flexibility index (Phi) is 2.72. The van der Waals surface area contributed by atoms with Crippen molar-refractivity contribution in [1.29, 1.82) is 0 Å². The minimum absolute atomic E-state index is 0.887. The van der Waals surface area contributed by atoms with Crippen molar-refractivity contribution in [3.8, 4) is 22.4 Å². The highest BCUT2D eigenvalue weighted by Crippen LogP contribution is 2.45. The quantitative estimate of drug-likeness (QED) is 0.315. The number of benzene rings is 2. The van der Waals surface area contributed by atoms with Crippen LogP contribution in [0.15, 0.2) is 73.2 Å². The Bertz CT molecular complexity index is 1740. The van der Waals surface area contributed by atoms with Gasteiger partial charge in [0.25, 0.3) is 0 Å². The van der Waals surface area contributed by atoms with Gasteiger partial charge < -0.3 is 0 Å². The van der Waals surface area contributed by atoms with Crippen molar-refractivity contribution >= 4 is 27.5 Å². The number of imidazole rings is 1. The molecule has 0 saturated carbocycles. The van der Waals surface area contributed by atoms with E-state index in [9.17, 15) is 0 Å². The molecule has 0 bridgehead atoms. The van der Waals surface area contributed by atoms with Crippen LogP contribution in [0.5, 0.6) is 0 Å². The summed E-state index contributed by atoms with van der Waals surface area (Å²) in [5, 5.41) is 2.29. The van der Waals surface area contributed by atoms with Gasteiger partial charge in [-0.1, -0.05) is 36.4 Å². The monoisotopic (exact) mass is 396 g/mol. The molecule has 4 nitrogen and oxygen atoms in total. The van der Waals surface area contributed by atoms with E-state index in [-0.39, 0.29) is 0 Å². The highest BCUT2D eigenvalue weighted by Gasteiger charge is 2.29. The fourth-order valence-corrected chi connectivity index (χ4v) is 5.63. The van der Waals surface area contributed by atoms with E-state index in [2.05, 4.69) is 57.9 Å². The Morgan fingerprint density at radius 3 is 2.68 bits per heavy atom. The maximum absolute atomic E-state index is 5.17. The first-order valence-corrected chi connectivity index (χ1v) is 10.6. The van der Waals surface area contributed by atoms with Crippen molar-refractivity contribution in [2.24, 2.45) is 0 Å². The SMILES string of the molecule is c1ccc2c(c1)Cc1cc3c(cc1-2)-c1nc2c4ncccc4c4ccncc4n2c1C3. The molecule has 144 valence electrons. The van der Waals surface area contributed by atoms with E-state index in [4.69, 9.17) is 9.97 Å². The van der Waals surface area contributed by atoms with Gasteiger partial charge in [-0.25, -0.2) is 4.98 Å². The van der Waals surface area contributed by atoms with Crippen molar-refractivity contribution in [3.05, 3.63) is 95.6 Å². The summed E-state index contributed by atoms with van der Waals surface area (Å²) in [7, 11) is 0. The first-order valence-electron chi connectivity index (χ1n) is 10.6. The second kappa shape index (κ2) is 5.35. The molecule has 0 N–H and O–H groups in total. The lowest BCUT2D eigenvalue weighted by Gasteiger charge is -2.09. The van der Waals surface area contributed by atoms with Crippen LogP contribution >= 0.6 is 0 Å². The number of fused-ring (bicyclic) bond motifs is 13. The molecule has 0 radical (unpaired) electrons. The Balaban J connectivity index is 1.48. The average molecular weight is 396 g/mol. The average Bonchev–Trinajstić information content (AvgIpc) is 3.47. The fraction of sp³-hybridized carbons (Fsp3) is 0.0741. The van der Waals surface area contributed by atoms with Gasteiger partial charge in [0.05, 0.1) is 23.1 Å². The van der Waals surface area contributed by atoms with E-state index < -0.39 is 0 Å². The van der Waals surface area contributed by atoms with Crippen LogP contribution < -0.4 is 0 Å². The van der Waals surface area contributed by atoms with Crippen molar-refractivity contribution in [2.75, 3.05) is 0 Å². The van der Waals surface area contributed by atoms with Crippen LogP contribution in [0, 0.1) is 0 Å². The maximum atomic E-state index is 5.17. The van der Waals surface area contributed by atoms with Crippen LogP contribution in [-0.4, -0.2) is 19.4 Å². The number of pyridine rings is 3. The summed E-state index contributed by atoms with van der Waals surface area (Å²) >= 11 is 0. The Morgan fingerprint density at radius 1 is 0.742 bits per heavy atom. The van der Waals surface area contributed by atoms with Gasteiger partial charge in [0.15, 0.2) is 5.65 Å². The summed E-state index contributed by atoms with van der Waals surface area (Å²) in [6, 6.07) is 19.7. The van der Waals surface area contributed by atoms with Crippen LogP contribution in [0.3, 0.4) is 0 Å². The molecule has 0 saturated heterocycles. The van der Waals surface area contributed by atoms with Crippen LogP contribution in [0.2, 0.25) is 0 Å². The van der Waals surface area contributed by atoms with Gasteiger partial charge in [-0.2, -0.15) is 0 Å². The molecule has 0 amide bonds. The zero-order valence-corrected chi connectivity index (χ0v) is 16.6. The predicted octanol–water partition coefficient (Wildman–Crippen LogP) is 5.57. The van der Waals surface area contributed by atoms with Gasteiger partial charge in [0, 0.05) is 35.2 Å². The molecule has 0 aliphatic heterocycles. The molecule has 8 rings (SSSR count). The van der Waals surface area contributed by atoms with Gasteiger partial charge in [-0.15, -0.1) is 0 Å². The number of aromatic nitrogens is 4. The number of nitrogens with zero attached hydrogens (tertiary/aromatic N) is 4. The first kappa shape index (κ1) is 15.7. The molecule has 2 aromatic carbocycles. The zero-order chi connectivity index (χ0) is 20.1. The molecule has 4 heterocycles. The van der Waals surface area contributed by atoms with Gasteiger partial charge in [-0.3, -0.25) is 14.4 Å². The second-order valence-electron chi connectivity index (χ2n) is 8.54. The topological polar surface area (TPSA) is 43.1 Å². The zero-order valence-electron chi connectivity index (χ0n) is 16.6. The van der Waals surface area contributed by atoms with Crippen LogP contribution in [0.4, 0.5) is 0 Å². The van der Waals surface area contributed by atoms with Crippen molar-refractivity contribution in [1.82, 2.24) is 19.4 Å². The van der Waals surface area contributed by atoms with Gasteiger partial charge in [-0.05, 0) is 52.4 Å². The molecule has 0 atom stereocenters. The second-order valence-corrected chi connectivity index (χ2v) is 8.54. The largest absolute Gasteiger partial charge is 0.292 e. The molecular formula is C27H16N4. The van der Waals surface area contributed by atoms with Crippen LogP contribution in [0.25, 0.3) is 49.8 Å². The number of rotatable bonds is 0. The summed E-state index contributed by atoms with van der Waals surface area (Å²) in [6.07, 6.45) is 7.57. The van der Waals surface area contributed by atoms with E-state index in [1.807, 2.05) is 24.7 Å². The Morgan fingerprint density at radius 2 is 1.68 bits per heavy atom. The van der Waals surface area contributed by atoms with E-state index >= 15 is 0 Å². The highest BCUT2D eigenvalue weighted by molar-refractivity contribution is 6.10. The molecule has 6 aromatic rings. The molecule has 31 heavy (non-hydrogen) atoms. The highest BCUT2D eigenvalue weighted by atomic mass is 15.1. The minimum Gasteiger partial charge on any atom is -0.292 e. The van der Waals surface area contributed by atoms with Crippen molar-refractivity contribution < 1.29 is 0 Å². The standard InChI is InChI=1S/C27H16N4/c1-2-5-18-15(4-1)10-16-11-17-12-23-25(22(17)13-21(16)18)30-27-26-20(6-3-8-29-26)19-7-9-28-14-24(19)31(23)27/h1-9,11,13-14H,10,12H2. The fourth-order valence-electron chi connectivity index (χ4n) is 5.63. The molecule has 2 aliphatic carbocycles. The van der Waals surface area contributed by atoms with Crippen LogP contribution in [0.1, 0.15) is 22.4 Å². The van der Waals surface area contributed by atoms with Gasteiger partial charge in [0.1, 0.15) is 5.52 Å². The molecule has 0 fully saturated rings. The number of hydrogen-bond acceptors (Lipinski definition) is 3. The first-order chi connectivity index (χ1) is 15.4. The minimum atomic E-state index is 0.887. The van der Waals surface area contributed by atoms with E-state index in [1.54, 1.807) is 0 Å². The predicted molar refractivity (Wildman–Crippen MR) is 122 cm³/mol. The van der Waals surface area contributed by atoms with Gasteiger partial charge >= 0.3 is 0 Å². The smallest absolute Gasteiger partial charge is 0.164 e. The summed E-state index contributed by atoms with van der Waals surface area (Å²) in [6.45, 7) is 0. The lowest BCUT2D eigenvalue weighted by atomic mass is 9.99. The molecule has 4 aromatic heterocycles. The third-order valence-electron chi connectivity index (χ3n) is 6.95. The summed E-state index contributed by atoms with van der Waals surface area (Å²) < 4.78 is 2.28. The molecular weight excluding hydrogens is 380 g/mol. The summed E-state index contributed by atoms with van der Waals surface area (Å²) in [5.74, 6) is 0. The number of hydrogen-bond donors (Lipinski definition) is 0. The van der Waals surface area contributed by atoms with E-state index in [1.165, 1.54) is 39.1 Å². The molecule has 2 aliphatic rings.